The minimum absolute atomic E-state index is 0.0815. The van der Waals surface area contributed by atoms with E-state index in [0.29, 0.717) is 6.61 Å². The van der Waals surface area contributed by atoms with Crippen molar-refractivity contribution in [2.45, 2.75) is 20.3 Å². The Bertz CT molecular complexity index is 397. The van der Waals surface area contributed by atoms with Crippen molar-refractivity contribution in [1.82, 2.24) is 4.90 Å². The molecule has 0 saturated carbocycles. The van der Waals surface area contributed by atoms with E-state index in [1.807, 2.05) is 31.2 Å². The van der Waals surface area contributed by atoms with Gasteiger partial charge in [0.05, 0.1) is 18.6 Å². The number of ether oxygens (including phenoxy) is 1. The molecule has 4 heteroatoms. The fourth-order valence-corrected chi connectivity index (χ4v) is 1.85. The molecule has 0 aliphatic heterocycles. The lowest BCUT2D eigenvalue weighted by Gasteiger charge is -2.21. The standard InChI is InChI=1S/C15H23N3O/c1-3-18(12-13(2)11-16)9-4-10-19-15-7-5-14(17)6-8-15/h5-8,13H,3-4,9-10,12,17H2,1-2H3. The highest BCUT2D eigenvalue weighted by molar-refractivity contribution is 5.41. The Kier molecular flexibility index (Phi) is 6.76. The molecule has 0 aliphatic carbocycles. The number of nitrogen functional groups attached to an aromatic ring is 1. The molecule has 0 radical (unpaired) electrons. The summed E-state index contributed by atoms with van der Waals surface area (Å²) < 4.78 is 5.64. The van der Waals surface area contributed by atoms with Gasteiger partial charge < -0.3 is 15.4 Å². The molecule has 0 fully saturated rings. The van der Waals surface area contributed by atoms with Crippen molar-refractivity contribution in [3.8, 4) is 11.8 Å². The van der Waals surface area contributed by atoms with Crippen LogP contribution < -0.4 is 10.5 Å². The summed E-state index contributed by atoms with van der Waals surface area (Å²) in [6.45, 7) is 7.50. The lowest BCUT2D eigenvalue weighted by molar-refractivity contribution is 0.231. The molecular formula is C15H23N3O. The normalized spacial score (nSPS) is 12.1. The number of hydrogen-bond donors (Lipinski definition) is 1. The van der Waals surface area contributed by atoms with E-state index >= 15 is 0 Å². The van der Waals surface area contributed by atoms with Crippen LogP contribution in [0.5, 0.6) is 5.75 Å². The van der Waals surface area contributed by atoms with Crippen LogP contribution in [-0.4, -0.2) is 31.1 Å². The molecule has 1 aromatic rings. The van der Waals surface area contributed by atoms with Crippen molar-refractivity contribution in [1.29, 1.82) is 5.26 Å². The first-order valence-electron chi connectivity index (χ1n) is 6.76. The molecule has 0 spiro atoms. The molecular weight excluding hydrogens is 238 g/mol. The maximum atomic E-state index is 8.81. The van der Waals surface area contributed by atoms with Crippen LogP contribution in [0, 0.1) is 17.2 Å². The van der Waals surface area contributed by atoms with Crippen LogP contribution in [0.15, 0.2) is 24.3 Å². The van der Waals surface area contributed by atoms with E-state index in [1.165, 1.54) is 0 Å². The van der Waals surface area contributed by atoms with Gasteiger partial charge in [-0.15, -0.1) is 0 Å². The molecule has 1 unspecified atom stereocenters. The average Bonchev–Trinajstić information content (AvgIpc) is 2.43. The second kappa shape index (κ2) is 8.39. The SMILES string of the molecule is CCN(CCCOc1ccc(N)cc1)CC(C)C#N. The number of nitrogens with two attached hydrogens (primary N) is 1. The third-order valence-electron chi connectivity index (χ3n) is 2.97. The fourth-order valence-electron chi connectivity index (χ4n) is 1.85. The Morgan fingerprint density at radius 3 is 2.63 bits per heavy atom. The smallest absolute Gasteiger partial charge is 0.119 e. The average molecular weight is 261 g/mol. The van der Waals surface area contributed by atoms with Crippen molar-refractivity contribution in [3.05, 3.63) is 24.3 Å². The van der Waals surface area contributed by atoms with Crippen molar-refractivity contribution in [2.75, 3.05) is 32.0 Å². The zero-order chi connectivity index (χ0) is 14.1. The Morgan fingerprint density at radius 1 is 1.37 bits per heavy atom. The molecule has 2 N–H and O–H groups in total. The largest absolute Gasteiger partial charge is 0.494 e. The third kappa shape index (κ3) is 6.12. The summed E-state index contributed by atoms with van der Waals surface area (Å²) >= 11 is 0. The molecule has 0 heterocycles. The molecule has 0 aliphatic rings. The van der Waals surface area contributed by atoms with E-state index in [4.69, 9.17) is 15.7 Å². The van der Waals surface area contributed by atoms with E-state index in [0.717, 1.165) is 37.5 Å². The van der Waals surface area contributed by atoms with Crippen molar-refractivity contribution < 1.29 is 4.74 Å². The summed E-state index contributed by atoms with van der Waals surface area (Å²) in [6, 6.07) is 9.70. The predicted molar refractivity (Wildman–Crippen MR) is 77.9 cm³/mol. The molecule has 0 bridgehead atoms. The van der Waals surface area contributed by atoms with Gasteiger partial charge in [-0.3, -0.25) is 0 Å². The summed E-state index contributed by atoms with van der Waals surface area (Å²) in [5, 5.41) is 8.81. The lowest BCUT2D eigenvalue weighted by atomic mass is 10.2. The summed E-state index contributed by atoms with van der Waals surface area (Å²) in [5.74, 6) is 0.931. The minimum Gasteiger partial charge on any atom is -0.494 e. The second-order valence-corrected chi connectivity index (χ2v) is 4.69. The number of hydrogen-bond acceptors (Lipinski definition) is 4. The summed E-state index contributed by atoms with van der Waals surface area (Å²) in [5.41, 5.74) is 6.36. The molecule has 1 atom stereocenters. The topological polar surface area (TPSA) is 62.3 Å². The molecule has 0 aromatic heterocycles. The van der Waals surface area contributed by atoms with E-state index in [2.05, 4.69) is 17.9 Å². The van der Waals surface area contributed by atoms with Crippen LogP contribution in [0.2, 0.25) is 0 Å². The van der Waals surface area contributed by atoms with Gasteiger partial charge in [-0.05, 0) is 44.2 Å². The quantitative estimate of drug-likeness (QED) is 0.577. The van der Waals surface area contributed by atoms with Crippen LogP contribution in [0.1, 0.15) is 20.3 Å². The zero-order valence-corrected chi connectivity index (χ0v) is 11.8. The van der Waals surface area contributed by atoms with Crippen molar-refractivity contribution >= 4 is 5.69 Å². The molecule has 1 rings (SSSR count). The first-order chi connectivity index (χ1) is 9.15. The van der Waals surface area contributed by atoms with Gasteiger partial charge in [-0.1, -0.05) is 6.92 Å². The maximum Gasteiger partial charge on any atom is 0.119 e. The van der Waals surface area contributed by atoms with Crippen molar-refractivity contribution in [3.63, 3.8) is 0 Å². The highest BCUT2D eigenvalue weighted by Gasteiger charge is 2.07. The van der Waals surface area contributed by atoms with Gasteiger partial charge in [0.25, 0.3) is 0 Å². The predicted octanol–water partition coefficient (Wildman–Crippen LogP) is 2.52. The van der Waals surface area contributed by atoms with Gasteiger partial charge in [0, 0.05) is 18.8 Å². The van der Waals surface area contributed by atoms with Crippen LogP contribution in [0.4, 0.5) is 5.69 Å². The van der Waals surface area contributed by atoms with Gasteiger partial charge in [-0.25, -0.2) is 0 Å². The van der Waals surface area contributed by atoms with Gasteiger partial charge in [0.15, 0.2) is 0 Å². The third-order valence-corrected chi connectivity index (χ3v) is 2.97. The number of nitrogens with zero attached hydrogens (tertiary/aromatic N) is 2. The Labute approximate surface area is 115 Å². The minimum atomic E-state index is 0.0815. The fraction of sp³-hybridized carbons (Fsp3) is 0.533. The first-order valence-corrected chi connectivity index (χ1v) is 6.76. The van der Waals surface area contributed by atoms with Gasteiger partial charge in [0.1, 0.15) is 5.75 Å². The number of rotatable bonds is 8. The van der Waals surface area contributed by atoms with Crippen LogP contribution in [0.3, 0.4) is 0 Å². The Hall–Kier alpha value is -1.73. The van der Waals surface area contributed by atoms with Crippen LogP contribution >= 0.6 is 0 Å². The van der Waals surface area contributed by atoms with Crippen molar-refractivity contribution in [2.24, 2.45) is 5.92 Å². The highest BCUT2D eigenvalue weighted by atomic mass is 16.5. The number of benzene rings is 1. The summed E-state index contributed by atoms with van der Waals surface area (Å²) in [6.07, 6.45) is 0.955. The monoisotopic (exact) mass is 261 g/mol. The van der Waals surface area contributed by atoms with Crippen LogP contribution in [-0.2, 0) is 0 Å². The summed E-state index contributed by atoms with van der Waals surface area (Å²) in [7, 11) is 0. The molecule has 0 saturated heterocycles. The summed E-state index contributed by atoms with van der Waals surface area (Å²) in [4.78, 5) is 2.28. The highest BCUT2D eigenvalue weighted by Crippen LogP contribution is 2.13. The molecule has 4 nitrogen and oxygen atoms in total. The molecule has 104 valence electrons. The van der Waals surface area contributed by atoms with E-state index in [-0.39, 0.29) is 5.92 Å². The molecule has 19 heavy (non-hydrogen) atoms. The van der Waals surface area contributed by atoms with Crippen LogP contribution in [0.25, 0.3) is 0 Å². The molecule has 1 aromatic carbocycles. The van der Waals surface area contributed by atoms with Gasteiger partial charge in [-0.2, -0.15) is 5.26 Å². The number of anilines is 1. The zero-order valence-electron chi connectivity index (χ0n) is 11.8. The van der Waals surface area contributed by atoms with E-state index < -0.39 is 0 Å². The van der Waals surface area contributed by atoms with E-state index in [9.17, 15) is 0 Å². The maximum absolute atomic E-state index is 8.81. The van der Waals surface area contributed by atoms with Gasteiger partial charge in [0.2, 0.25) is 0 Å². The number of nitriles is 1. The molecule has 0 amide bonds. The second-order valence-electron chi connectivity index (χ2n) is 4.69. The lowest BCUT2D eigenvalue weighted by Crippen LogP contribution is -2.29. The Morgan fingerprint density at radius 2 is 2.05 bits per heavy atom. The Balaban J connectivity index is 2.22. The van der Waals surface area contributed by atoms with E-state index in [1.54, 1.807) is 0 Å². The first kappa shape index (κ1) is 15.3. The van der Waals surface area contributed by atoms with Gasteiger partial charge >= 0.3 is 0 Å².